The van der Waals surface area contributed by atoms with Crippen molar-refractivity contribution in [2.75, 3.05) is 32.1 Å². The molecule has 1 saturated heterocycles. The molecule has 158 valence electrons. The van der Waals surface area contributed by atoms with Gasteiger partial charge in [-0.05, 0) is 31.0 Å². The number of carbonyl (C=O) groups excluding carboxylic acids is 1. The third-order valence-corrected chi connectivity index (χ3v) is 6.52. The minimum atomic E-state index is -3.76. The second-order valence-corrected chi connectivity index (χ2v) is 8.92. The van der Waals surface area contributed by atoms with Crippen molar-refractivity contribution in [3.63, 3.8) is 0 Å². The Bertz CT molecular complexity index is 985. The Morgan fingerprint density at radius 1 is 1.28 bits per heavy atom. The van der Waals surface area contributed by atoms with E-state index in [-0.39, 0.29) is 16.3 Å². The van der Waals surface area contributed by atoms with Crippen LogP contribution in [0.25, 0.3) is 0 Å². The number of nitrogens with zero attached hydrogens (tertiary/aromatic N) is 4. The number of halogens is 2. The highest BCUT2D eigenvalue weighted by Crippen LogP contribution is 2.29. The van der Waals surface area contributed by atoms with Crippen molar-refractivity contribution < 1.29 is 26.7 Å². The van der Waals surface area contributed by atoms with Gasteiger partial charge < -0.3 is 9.64 Å². The van der Waals surface area contributed by atoms with Crippen LogP contribution in [0.15, 0.2) is 35.5 Å². The average molecular weight is 428 g/mol. The van der Waals surface area contributed by atoms with E-state index in [0.717, 1.165) is 36.4 Å². The molecule has 3 rings (SSSR count). The maximum Gasteiger partial charge on any atom is 0.340 e. The van der Waals surface area contributed by atoms with Gasteiger partial charge >= 0.3 is 12.5 Å². The smallest absolute Gasteiger partial charge is 0.340 e. The average Bonchev–Trinajstić information content (AvgIpc) is 3.37. The van der Waals surface area contributed by atoms with Crippen molar-refractivity contribution in [1.82, 2.24) is 13.9 Å². The van der Waals surface area contributed by atoms with E-state index in [1.54, 1.807) is 6.07 Å². The molecular formula is C18H22F2N4O4S. The second kappa shape index (κ2) is 8.46. The first-order valence-corrected chi connectivity index (χ1v) is 10.4. The number of aromatic nitrogens is 2. The molecule has 0 N–H and O–H groups in total. The van der Waals surface area contributed by atoms with Crippen LogP contribution >= 0.6 is 0 Å². The van der Waals surface area contributed by atoms with E-state index in [9.17, 15) is 22.0 Å². The number of carbonyl (C=O) groups is 1. The molecule has 0 spiro atoms. The number of alkyl halides is 2. The third kappa shape index (κ3) is 4.40. The molecule has 29 heavy (non-hydrogen) atoms. The molecule has 0 aliphatic carbocycles. The van der Waals surface area contributed by atoms with Crippen molar-refractivity contribution in [3.05, 3.63) is 42.0 Å². The normalized spacial score (nSPS) is 14.8. The summed E-state index contributed by atoms with van der Waals surface area (Å²) in [5.41, 5.74) is 0.632. The number of ether oxygens (including phenoxy) is 1. The quantitative estimate of drug-likeness (QED) is 0.630. The fourth-order valence-electron chi connectivity index (χ4n) is 3.12. The lowest BCUT2D eigenvalue weighted by molar-refractivity contribution is 0.0376. The van der Waals surface area contributed by atoms with E-state index in [4.69, 9.17) is 4.74 Å². The molecule has 11 heteroatoms. The standard InChI is InChI=1S/C18H22F2N4O4S/c1-22(2)29(26,27)13-5-6-15(23-8-3-4-9-23)14(11-13)17(25)28-12-16-21-7-10-24(16)18(19)20/h5-7,10-11,18H,3-4,8-9,12H2,1-2H3. The molecule has 2 heterocycles. The molecule has 0 radical (unpaired) electrons. The van der Waals surface area contributed by atoms with E-state index < -0.39 is 29.1 Å². The molecule has 1 aliphatic rings. The van der Waals surface area contributed by atoms with Crippen molar-refractivity contribution in [2.45, 2.75) is 30.9 Å². The summed E-state index contributed by atoms with van der Waals surface area (Å²) in [6.07, 6.45) is 4.19. The number of rotatable bonds is 7. The van der Waals surface area contributed by atoms with Crippen molar-refractivity contribution in [1.29, 1.82) is 0 Å². The summed E-state index contributed by atoms with van der Waals surface area (Å²) in [5, 5.41) is 0. The summed E-state index contributed by atoms with van der Waals surface area (Å²) in [6, 6.07) is 4.30. The molecule has 0 amide bonds. The first-order chi connectivity index (χ1) is 13.7. The molecule has 1 aromatic carbocycles. The molecule has 1 aliphatic heterocycles. The van der Waals surface area contributed by atoms with Crippen LogP contribution in [0, 0.1) is 0 Å². The summed E-state index contributed by atoms with van der Waals surface area (Å²) >= 11 is 0. The predicted molar refractivity (Wildman–Crippen MR) is 101 cm³/mol. The SMILES string of the molecule is CN(C)S(=O)(=O)c1ccc(N2CCCC2)c(C(=O)OCc2nccn2C(F)F)c1. The topological polar surface area (TPSA) is 84.7 Å². The Morgan fingerprint density at radius 2 is 1.97 bits per heavy atom. The van der Waals surface area contributed by atoms with Crippen LogP contribution in [-0.4, -0.2) is 55.4 Å². The highest BCUT2D eigenvalue weighted by Gasteiger charge is 2.25. The van der Waals surface area contributed by atoms with E-state index in [0.29, 0.717) is 10.3 Å². The van der Waals surface area contributed by atoms with E-state index >= 15 is 0 Å². The predicted octanol–water partition coefficient (Wildman–Crippen LogP) is 2.49. The van der Waals surface area contributed by atoms with Gasteiger partial charge in [-0.25, -0.2) is 22.5 Å². The fraction of sp³-hybridized carbons (Fsp3) is 0.444. The summed E-state index contributed by atoms with van der Waals surface area (Å²) in [5.74, 6) is -0.903. The lowest BCUT2D eigenvalue weighted by Gasteiger charge is -2.22. The Balaban J connectivity index is 1.91. The molecule has 1 fully saturated rings. The molecule has 0 unspecified atom stereocenters. The molecule has 0 saturated carbocycles. The number of esters is 1. The van der Waals surface area contributed by atoms with Crippen LogP contribution in [0.5, 0.6) is 0 Å². The van der Waals surface area contributed by atoms with E-state index in [1.165, 1.54) is 32.4 Å². The summed E-state index contributed by atoms with van der Waals surface area (Å²) in [6.45, 7) is -1.80. The highest BCUT2D eigenvalue weighted by atomic mass is 32.2. The molecular weight excluding hydrogens is 406 g/mol. The van der Waals surface area contributed by atoms with Crippen LogP contribution in [-0.2, 0) is 21.4 Å². The van der Waals surface area contributed by atoms with E-state index in [1.807, 2.05) is 4.90 Å². The van der Waals surface area contributed by atoms with E-state index in [2.05, 4.69) is 4.98 Å². The Kier molecular flexibility index (Phi) is 6.18. The van der Waals surface area contributed by atoms with Gasteiger partial charge in [-0.2, -0.15) is 8.78 Å². The maximum absolute atomic E-state index is 12.9. The summed E-state index contributed by atoms with van der Waals surface area (Å²) < 4.78 is 57.7. The monoisotopic (exact) mass is 428 g/mol. The maximum atomic E-state index is 12.9. The van der Waals surface area contributed by atoms with Crippen molar-refractivity contribution in [3.8, 4) is 0 Å². The van der Waals surface area contributed by atoms with Gasteiger partial charge in [0.25, 0.3) is 0 Å². The minimum absolute atomic E-state index is 0.0496. The Labute approximate surface area is 167 Å². The van der Waals surface area contributed by atoms with Gasteiger partial charge in [0.1, 0.15) is 6.61 Å². The van der Waals surface area contributed by atoms with Gasteiger partial charge in [0.2, 0.25) is 10.0 Å². The van der Waals surface area contributed by atoms with Gasteiger partial charge in [0.15, 0.2) is 5.82 Å². The van der Waals surface area contributed by atoms with Crippen LogP contribution in [0.2, 0.25) is 0 Å². The third-order valence-electron chi connectivity index (χ3n) is 4.70. The summed E-state index contributed by atoms with van der Waals surface area (Å²) in [7, 11) is -0.968. The molecule has 1 aromatic heterocycles. The Morgan fingerprint density at radius 3 is 2.59 bits per heavy atom. The molecule has 2 aromatic rings. The van der Waals surface area contributed by atoms with Crippen LogP contribution in [0.1, 0.15) is 35.6 Å². The number of sulfonamides is 1. The molecule has 0 bridgehead atoms. The number of benzene rings is 1. The zero-order valence-corrected chi connectivity index (χ0v) is 16.9. The minimum Gasteiger partial charge on any atom is -0.454 e. The fourth-order valence-corrected chi connectivity index (χ4v) is 4.05. The second-order valence-electron chi connectivity index (χ2n) is 6.77. The van der Waals surface area contributed by atoms with Crippen LogP contribution < -0.4 is 4.90 Å². The lowest BCUT2D eigenvalue weighted by Crippen LogP contribution is -2.25. The first-order valence-electron chi connectivity index (χ1n) is 9.00. The van der Waals surface area contributed by atoms with Crippen molar-refractivity contribution in [2.24, 2.45) is 0 Å². The molecule has 8 nitrogen and oxygen atoms in total. The summed E-state index contributed by atoms with van der Waals surface area (Å²) in [4.78, 5) is 18.5. The zero-order chi connectivity index (χ0) is 21.2. The van der Waals surface area contributed by atoms with Gasteiger partial charge in [0, 0.05) is 39.6 Å². The lowest BCUT2D eigenvalue weighted by atomic mass is 10.1. The van der Waals surface area contributed by atoms with Crippen molar-refractivity contribution >= 4 is 21.7 Å². The Hall–Kier alpha value is -2.53. The number of imidazole rings is 1. The first kappa shape index (κ1) is 21.2. The van der Waals surface area contributed by atoms with Gasteiger partial charge in [-0.3, -0.25) is 4.57 Å². The number of hydrogen-bond acceptors (Lipinski definition) is 6. The largest absolute Gasteiger partial charge is 0.454 e. The van der Waals surface area contributed by atoms with Gasteiger partial charge in [0.05, 0.1) is 16.1 Å². The highest BCUT2D eigenvalue weighted by molar-refractivity contribution is 7.89. The van der Waals surface area contributed by atoms with Gasteiger partial charge in [-0.15, -0.1) is 0 Å². The molecule has 0 atom stereocenters. The number of hydrogen-bond donors (Lipinski definition) is 0. The van der Waals surface area contributed by atoms with Gasteiger partial charge in [-0.1, -0.05) is 0 Å². The van der Waals surface area contributed by atoms with Crippen LogP contribution in [0.4, 0.5) is 14.5 Å². The zero-order valence-electron chi connectivity index (χ0n) is 16.1. The number of anilines is 1. The van der Waals surface area contributed by atoms with Crippen LogP contribution in [0.3, 0.4) is 0 Å².